The molecule has 2 aromatic rings. The smallest absolute Gasteiger partial charge is 0.251 e. The molecule has 3 heterocycles. The standard InChI is InChI=1S/C16H20N6O4/c1-21-19-7-12(20-21)2-3-14(24)22-9-16(26,10-22)8-18-15(25)11-4-5-17-13(23)6-11/h4-7,26H,2-3,8-10H2,1H3,(H,17,23)(H,18,25). The van der Waals surface area contributed by atoms with Crippen molar-refractivity contribution in [1.82, 2.24) is 30.2 Å². The lowest BCUT2D eigenvalue weighted by atomic mass is 9.93. The number of aromatic amines is 1. The fraction of sp³-hybridized carbons (Fsp3) is 0.438. The molecule has 0 aromatic carbocycles. The van der Waals surface area contributed by atoms with Gasteiger partial charge in [0.15, 0.2) is 0 Å². The predicted octanol–water partition coefficient (Wildman–Crippen LogP) is -1.56. The van der Waals surface area contributed by atoms with Gasteiger partial charge in [-0.2, -0.15) is 15.0 Å². The number of aromatic nitrogens is 4. The summed E-state index contributed by atoms with van der Waals surface area (Å²) in [6, 6.07) is 2.66. The van der Waals surface area contributed by atoms with E-state index in [4.69, 9.17) is 0 Å². The van der Waals surface area contributed by atoms with Gasteiger partial charge in [-0.05, 0) is 6.07 Å². The summed E-state index contributed by atoms with van der Waals surface area (Å²) in [6.45, 7) is 0.316. The molecule has 0 aliphatic carbocycles. The van der Waals surface area contributed by atoms with Crippen molar-refractivity contribution in [3.8, 4) is 0 Å². The number of hydrogen-bond donors (Lipinski definition) is 3. The topological polar surface area (TPSA) is 133 Å². The van der Waals surface area contributed by atoms with Crippen LogP contribution in [0.15, 0.2) is 29.3 Å². The monoisotopic (exact) mass is 360 g/mol. The van der Waals surface area contributed by atoms with E-state index < -0.39 is 11.5 Å². The minimum atomic E-state index is -1.15. The third-order valence-corrected chi connectivity index (χ3v) is 4.18. The first-order valence-corrected chi connectivity index (χ1v) is 8.17. The first-order chi connectivity index (χ1) is 12.3. The van der Waals surface area contributed by atoms with Crippen LogP contribution in [0.3, 0.4) is 0 Å². The van der Waals surface area contributed by atoms with Crippen molar-refractivity contribution >= 4 is 11.8 Å². The number of aryl methyl sites for hydroxylation is 2. The van der Waals surface area contributed by atoms with Crippen LogP contribution >= 0.6 is 0 Å². The van der Waals surface area contributed by atoms with E-state index in [2.05, 4.69) is 20.5 Å². The Labute approximate surface area is 148 Å². The summed E-state index contributed by atoms with van der Waals surface area (Å²) in [4.78, 5) is 40.7. The van der Waals surface area contributed by atoms with Gasteiger partial charge >= 0.3 is 0 Å². The number of H-pyrrole nitrogens is 1. The van der Waals surface area contributed by atoms with Crippen molar-refractivity contribution < 1.29 is 14.7 Å². The number of nitrogens with one attached hydrogen (secondary N) is 2. The van der Waals surface area contributed by atoms with Gasteiger partial charge in [0.25, 0.3) is 5.91 Å². The number of rotatable bonds is 6. The number of pyridine rings is 1. The van der Waals surface area contributed by atoms with Crippen LogP contribution in [0.5, 0.6) is 0 Å². The zero-order chi connectivity index (χ0) is 18.7. The summed E-state index contributed by atoms with van der Waals surface area (Å²) in [5.74, 6) is -0.529. The highest BCUT2D eigenvalue weighted by Crippen LogP contribution is 2.21. The maximum Gasteiger partial charge on any atom is 0.251 e. The average molecular weight is 360 g/mol. The van der Waals surface area contributed by atoms with Crippen LogP contribution in [0.1, 0.15) is 22.5 Å². The van der Waals surface area contributed by atoms with Crippen LogP contribution < -0.4 is 10.9 Å². The van der Waals surface area contributed by atoms with Gasteiger partial charge in [-0.25, -0.2) is 0 Å². The van der Waals surface area contributed by atoms with Gasteiger partial charge in [-0.15, -0.1) is 0 Å². The van der Waals surface area contributed by atoms with Crippen LogP contribution in [0, 0.1) is 0 Å². The molecule has 2 aromatic heterocycles. The molecule has 0 bridgehead atoms. The summed E-state index contributed by atoms with van der Waals surface area (Å²) in [5, 5.41) is 21.0. The van der Waals surface area contributed by atoms with Crippen molar-refractivity contribution in [1.29, 1.82) is 0 Å². The molecule has 2 amide bonds. The largest absolute Gasteiger partial charge is 0.384 e. The molecule has 1 aliphatic heterocycles. The van der Waals surface area contributed by atoms with Crippen LogP contribution in [0.2, 0.25) is 0 Å². The Kier molecular flexibility index (Phi) is 4.85. The number of nitrogens with zero attached hydrogens (tertiary/aromatic N) is 4. The number of hydrogen-bond acceptors (Lipinski definition) is 6. The second kappa shape index (κ2) is 7.08. The van der Waals surface area contributed by atoms with Crippen LogP contribution in [0.4, 0.5) is 0 Å². The second-order valence-corrected chi connectivity index (χ2v) is 6.42. The Morgan fingerprint density at radius 2 is 2.19 bits per heavy atom. The second-order valence-electron chi connectivity index (χ2n) is 6.42. The van der Waals surface area contributed by atoms with E-state index in [1.54, 1.807) is 13.2 Å². The molecule has 3 N–H and O–H groups in total. The molecule has 0 radical (unpaired) electrons. The summed E-state index contributed by atoms with van der Waals surface area (Å²) >= 11 is 0. The highest BCUT2D eigenvalue weighted by molar-refractivity contribution is 5.94. The van der Waals surface area contributed by atoms with Crippen molar-refractivity contribution in [2.75, 3.05) is 19.6 Å². The van der Waals surface area contributed by atoms with Crippen molar-refractivity contribution in [3.63, 3.8) is 0 Å². The molecule has 138 valence electrons. The van der Waals surface area contributed by atoms with Crippen LogP contribution in [-0.2, 0) is 18.3 Å². The summed E-state index contributed by atoms with van der Waals surface area (Å²) in [6.07, 6.45) is 3.77. The molecular weight excluding hydrogens is 340 g/mol. The molecule has 10 nitrogen and oxygen atoms in total. The van der Waals surface area contributed by atoms with E-state index in [1.807, 2.05) is 0 Å². The molecule has 1 fully saturated rings. The molecule has 0 atom stereocenters. The number of carbonyl (C=O) groups is 2. The Morgan fingerprint density at radius 3 is 2.85 bits per heavy atom. The maximum absolute atomic E-state index is 12.1. The van der Waals surface area contributed by atoms with E-state index in [0.717, 1.165) is 5.69 Å². The Morgan fingerprint density at radius 1 is 1.42 bits per heavy atom. The van der Waals surface area contributed by atoms with Crippen LogP contribution in [0.25, 0.3) is 0 Å². The Balaban J connectivity index is 1.43. The number of likely N-dealkylation sites (tertiary alicyclic amines) is 1. The Bertz CT molecular complexity index is 867. The molecule has 1 saturated heterocycles. The van der Waals surface area contributed by atoms with Crippen LogP contribution in [-0.4, -0.2) is 67.0 Å². The minimum Gasteiger partial charge on any atom is -0.384 e. The van der Waals surface area contributed by atoms with Gasteiger partial charge < -0.3 is 20.3 Å². The van der Waals surface area contributed by atoms with Crippen molar-refractivity contribution in [3.05, 3.63) is 46.1 Å². The van der Waals surface area contributed by atoms with Gasteiger partial charge in [-0.1, -0.05) is 0 Å². The number of aliphatic hydroxyl groups is 1. The van der Waals surface area contributed by atoms with Gasteiger partial charge in [0.05, 0.1) is 31.5 Å². The highest BCUT2D eigenvalue weighted by atomic mass is 16.3. The van der Waals surface area contributed by atoms with E-state index in [0.29, 0.717) is 6.42 Å². The predicted molar refractivity (Wildman–Crippen MR) is 90.2 cm³/mol. The quantitative estimate of drug-likeness (QED) is 0.570. The lowest BCUT2D eigenvalue weighted by Crippen LogP contribution is -2.67. The first kappa shape index (κ1) is 17.8. The molecule has 0 spiro atoms. The SMILES string of the molecule is Cn1ncc(CCC(=O)N2CC(O)(CNC(=O)c3cc[nH]c(=O)c3)C2)n1. The zero-order valence-corrected chi connectivity index (χ0v) is 14.3. The molecule has 0 unspecified atom stereocenters. The fourth-order valence-corrected chi connectivity index (χ4v) is 2.78. The molecule has 26 heavy (non-hydrogen) atoms. The van der Waals surface area contributed by atoms with Gasteiger partial charge in [0, 0.05) is 37.7 Å². The fourth-order valence-electron chi connectivity index (χ4n) is 2.78. The lowest BCUT2D eigenvalue weighted by molar-refractivity contribution is -0.154. The number of amides is 2. The summed E-state index contributed by atoms with van der Waals surface area (Å²) < 4.78 is 0. The Hall–Kier alpha value is -3.01. The first-order valence-electron chi connectivity index (χ1n) is 8.17. The maximum atomic E-state index is 12.1. The number of β-amino-alcohol motifs (C(OH)–C–C–N with tert-alkyl or cyclic N) is 1. The van der Waals surface area contributed by atoms with E-state index in [9.17, 15) is 19.5 Å². The highest BCUT2D eigenvalue weighted by Gasteiger charge is 2.43. The normalized spacial score (nSPS) is 15.4. The van der Waals surface area contributed by atoms with Gasteiger partial charge in [-0.3, -0.25) is 14.4 Å². The van der Waals surface area contributed by atoms with Gasteiger partial charge in [0.1, 0.15) is 5.60 Å². The number of carbonyl (C=O) groups excluding carboxylic acids is 2. The van der Waals surface area contributed by atoms with E-state index in [-0.39, 0.29) is 43.1 Å². The molecule has 3 rings (SSSR count). The van der Waals surface area contributed by atoms with Crippen molar-refractivity contribution in [2.24, 2.45) is 7.05 Å². The zero-order valence-electron chi connectivity index (χ0n) is 14.3. The summed E-state index contributed by atoms with van der Waals surface area (Å²) in [5.41, 5.74) is -0.575. The molecule has 10 heteroatoms. The third kappa shape index (κ3) is 4.14. The van der Waals surface area contributed by atoms with Crippen molar-refractivity contribution in [2.45, 2.75) is 18.4 Å². The lowest BCUT2D eigenvalue weighted by Gasteiger charge is -2.46. The van der Waals surface area contributed by atoms with E-state index >= 15 is 0 Å². The third-order valence-electron chi connectivity index (χ3n) is 4.18. The van der Waals surface area contributed by atoms with Gasteiger partial charge in [0.2, 0.25) is 11.5 Å². The molecule has 0 saturated carbocycles. The molecular formula is C16H20N6O4. The molecule has 1 aliphatic rings. The summed E-state index contributed by atoms with van der Waals surface area (Å²) in [7, 11) is 1.71. The van der Waals surface area contributed by atoms with E-state index in [1.165, 1.54) is 28.0 Å². The average Bonchev–Trinajstić information content (AvgIpc) is 3.00. The minimum absolute atomic E-state index is 0.00652.